The number of aliphatic hydroxyl groups excluding tert-OH is 2. The standard InChI is InChI=1S/C32H54O4/c1-21(2)8-7-9-22(3)26-12-13-27-25-11-10-23-18-24(36-29(35)30(4,19-33)20-34)14-16-31(23,5)28(25)15-17-32(26,27)6/h10,21-22,24-28,33-34H,7-9,11-20H2,1-6H3/t22-,24-,25?,26-,27?,28?,31+,32-/m1/s1. The smallest absolute Gasteiger partial charge is 0.316 e. The monoisotopic (exact) mass is 502 g/mol. The molecule has 2 N–H and O–H groups in total. The van der Waals surface area contributed by atoms with E-state index in [-0.39, 0.29) is 11.5 Å². The molecule has 4 rings (SSSR count). The van der Waals surface area contributed by atoms with Gasteiger partial charge in [-0.25, -0.2) is 0 Å². The molecule has 3 unspecified atom stereocenters. The molecule has 4 nitrogen and oxygen atoms in total. The summed E-state index contributed by atoms with van der Waals surface area (Å²) in [5.41, 5.74) is 1.02. The molecule has 3 saturated carbocycles. The summed E-state index contributed by atoms with van der Waals surface area (Å²) in [5.74, 6) is 4.48. The van der Waals surface area contributed by atoms with Crippen molar-refractivity contribution in [2.45, 2.75) is 118 Å². The summed E-state index contributed by atoms with van der Waals surface area (Å²) in [6.07, 6.45) is 16.1. The zero-order valence-corrected chi connectivity index (χ0v) is 24.0. The van der Waals surface area contributed by atoms with Crippen LogP contribution in [0.25, 0.3) is 0 Å². The summed E-state index contributed by atoms with van der Waals surface area (Å²) >= 11 is 0. The quantitative estimate of drug-likeness (QED) is 0.265. The molecule has 0 aliphatic heterocycles. The van der Waals surface area contributed by atoms with Gasteiger partial charge in [0.15, 0.2) is 0 Å². The first kappa shape index (κ1) is 28.1. The number of ether oxygens (including phenoxy) is 1. The van der Waals surface area contributed by atoms with E-state index in [9.17, 15) is 15.0 Å². The lowest BCUT2D eigenvalue weighted by molar-refractivity contribution is -0.168. The van der Waals surface area contributed by atoms with Crippen LogP contribution >= 0.6 is 0 Å². The number of allylic oxidation sites excluding steroid dienone is 1. The molecule has 0 saturated heterocycles. The van der Waals surface area contributed by atoms with Gasteiger partial charge in [-0.1, -0.05) is 65.5 Å². The topological polar surface area (TPSA) is 66.8 Å². The zero-order valence-electron chi connectivity index (χ0n) is 24.0. The minimum Gasteiger partial charge on any atom is -0.461 e. The number of hydrogen-bond donors (Lipinski definition) is 2. The number of fused-ring (bicyclic) bond motifs is 5. The van der Waals surface area contributed by atoms with Crippen LogP contribution in [0, 0.1) is 51.8 Å². The minimum absolute atomic E-state index is 0.137. The Kier molecular flexibility index (Phi) is 8.38. The van der Waals surface area contributed by atoms with Gasteiger partial charge in [0.1, 0.15) is 11.5 Å². The van der Waals surface area contributed by atoms with Crippen molar-refractivity contribution in [2.75, 3.05) is 13.2 Å². The Morgan fingerprint density at radius 3 is 2.44 bits per heavy atom. The van der Waals surface area contributed by atoms with Gasteiger partial charge < -0.3 is 14.9 Å². The molecule has 4 heteroatoms. The second kappa shape index (κ2) is 10.7. The van der Waals surface area contributed by atoms with Crippen molar-refractivity contribution in [3.05, 3.63) is 11.6 Å². The van der Waals surface area contributed by atoms with E-state index in [0.717, 1.165) is 54.8 Å². The number of aliphatic hydroxyl groups is 2. The molecule has 0 aromatic carbocycles. The largest absolute Gasteiger partial charge is 0.461 e. The average Bonchev–Trinajstić information content (AvgIpc) is 3.20. The summed E-state index contributed by atoms with van der Waals surface area (Å²) in [4.78, 5) is 12.6. The van der Waals surface area contributed by atoms with Crippen molar-refractivity contribution in [3.8, 4) is 0 Å². The summed E-state index contributed by atoms with van der Waals surface area (Å²) in [6.45, 7) is 13.2. The fourth-order valence-electron chi connectivity index (χ4n) is 9.23. The predicted molar refractivity (Wildman–Crippen MR) is 145 cm³/mol. The summed E-state index contributed by atoms with van der Waals surface area (Å²) in [6, 6.07) is 0. The van der Waals surface area contributed by atoms with E-state index >= 15 is 0 Å². The van der Waals surface area contributed by atoms with Crippen LogP contribution < -0.4 is 0 Å². The van der Waals surface area contributed by atoms with E-state index in [4.69, 9.17) is 4.74 Å². The maximum absolute atomic E-state index is 12.6. The van der Waals surface area contributed by atoms with Gasteiger partial charge in [0.25, 0.3) is 0 Å². The Morgan fingerprint density at radius 2 is 1.78 bits per heavy atom. The van der Waals surface area contributed by atoms with Crippen LogP contribution in [0.2, 0.25) is 0 Å². The maximum atomic E-state index is 12.6. The van der Waals surface area contributed by atoms with Crippen LogP contribution in [0.1, 0.15) is 112 Å². The first-order chi connectivity index (χ1) is 17.0. The first-order valence-corrected chi connectivity index (χ1v) is 15.1. The Bertz CT molecular complexity index is 813. The van der Waals surface area contributed by atoms with E-state index in [1.54, 1.807) is 6.92 Å². The van der Waals surface area contributed by atoms with E-state index in [1.807, 2.05) is 0 Å². The van der Waals surface area contributed by atoms with Crippen molar-refractivity contribution >= 4 is 5.97 Å². The van der Waals surface area contributed by atoms with Gasteiger partial charge in [0.05, 0.1) is 13.2 Å². The second-order valence-corrected chi connectivity index (χ2v) is 14.4. The van der Waals surface area contributed by atoms with Gasteiger partial charge in [0.2, 0.25) is 0 Å². The van der Waals surface area contributed by atoms with Crippen molar-refractivity contribution in [3.63, 3.8) is 0 Å². The van der Waals surface area contributed by atoms with Crippen molar-refractivity contribution in [1.82, 2.24) is 0 Å². The lowest BCUT2D eigenvalue weighted by Gasteiger charge is -2.58. The van der Waals surface area contributed by atoms with Gasteiger partial charge >= 0.3 is 5.97 Å². The van der Waals surface area contributed by atoms with Gasteiger partial charge in [-0.05, 0) is 98.2 Å². The lowest BCUT2D eigenvalue weighted by atomic mass is 9.47. The summed E-state index contributed by atoms with van der Waals surface area (Å²) in [5, 5.41) is 19.2. The lowest BCUT2D eigenvalue weighted by Crippen LogP contribution is -2.51. The number of hydrogen-bond acceptors (Lipinski definition) is 4. The van der Waals surface area contributed by atoms with Gasteiger partial charge in [-0.2, -0.15) is 0 Å². The summed E-state index contributed by atoms with van der Waals surface area (Å²) < 4.78 is 5.84. The maximum Gasteiger partial charge on any atom is 0.316 e. The third-order valence-electron chi connectivity index (χ3n) is 11.7. The molecule has 0 aromatic heterocycles. The van der Waals surface area contributed by atoms with Crippen molar-refractivity contribution in [2.24, 2.45) is 51.8 Å². The number of rotatable bonds is 9. The highest BCUT2D eigenvalue weighted by atomic mass is 16.5. The SMILES string of the molecule is CC(C)CCC[C@@H](C)[C@H]1CCC2C3CC=C4C[C@H](OC(=O)C(C)(CO)CO)CC[C@]4(C)C3CC[C@@]21C. The van der Waals surface area contributed by atoms with Gasteiger partial charge in [0, 0.05) is 6.42 Å². The molecule has 0 bridgehead atoms. The molecule has 0 spiro atoms. The molecule has 36 heavy (non-hydrogen) atoms. The normalized spacial score (nSPS) is 39.1. The van der Waals surface area contributed by atoms with E-state index in [0.29, 0.717) is 5.41 Å². The fourth-order valence-corrected chi connectivity index (χ4v) is 9.23. The fraction of sp³-hybridized carbons (Fsp3) is 0.906. The molecule has 4 aliphatic carbocycles. The number of esters is 1. The molecule has 0 radical (unpaired) electrons. The van der Waals surface area contributed by atoms with E-state index in [2.05, 4.69) is 40.7 Å². The van der Waals surface area contributed by atoms with E-state index < -0.39 is 24.6 Å². The number of carbonyl (C=O) groups is 1. The van der Waals surface area contributed by atoms with Crippen LogP contribution in [0.3, 0.4) is 0 Å². The first-order valence-electron chi connectivity index (χ1n) is 15.1. The third-order valence-corrected chi connectivity index (χ3v) is 11.7. The van der Waals surface area contributed by atoms with Gasteiger partial charge in [-0.3, -0.25) is 4.79 Å². The summed E-state index contributed by atoms with van der Waals surface area (Å²) in [7, 11) is 0. The van der Waals surface area contributed by atoms with Crippen molar-refractivity contribution in [1.29, 1.82) is 0 Å². The molecule has 4 aliphatic rings. The van der Waals surface area contributed by atoms with Crippen LogP contribution in [0.15, 0.2) is 11.6 Å². The zero-order chi connectivity index (χ0) is 26.3. The van der Waals surface area contributed by atoms with Crippen LogP contribution in [-0.4, -0.2) is 35.5 Å². The average molecular weight is 503 g/mol. The highest BCUT2D eigenvalue weighted by Crippen LogP contribution is 2.67. The number of carbonyl (C=O) groups excluding carboxylic acids is 1. The molecule has 206 valence electrons. The highest BCUT2D eigenvalue weighted by molar-refractivity contribution is 5.77. The highest BCUT2D eigenvalue weighted by Gasteiger charge is 2.59. The second-order valence-electron chi connectivity index (χ2n) is 14.4. The molecule has 8 atom stereocenters. The Balaban J connectivity index is 1.43. The minimum atomic E-state index is -1.22. The Hall–Kier alpha value is -0.870. The molecular formula is C32H54O4. The van der Waals surface area contributed by atoms with Crippen LogP contribution in [0.5, 0.6) is 0 Å². The van der Waals surface area contributed by atoms with Crippen LogP contribution in [-0.2, 0) is 9.53 Å². The third kappa shape index (κ3) is 4.95. The predicted octanol–water partition coefficient (Wildman–Crippen LogP) is 6.93. The van der Waals surface area contributed by atoms with Crippen molar-refractivity contribution < 1.29 is 19.7 Å². The van der Waals surface area contributed by atoms with Crippen LogP contribution in [0.4, 0.5) is 0 Å². The Labute approximate surface area is 220 Å². The molecule has 0 heterocycles. The molecule has 0 amide bonds. The molecule has 0 aromatic rings. The van der Waals surface area contributed by atoms with E-state index in [1.165, 1.54) is 56.9 Å². The van der Waals surface area contributed by atoms with Gasteiger partial charge in [-0.15, -0.1) is 0 Å². The Morgan fingerprint density at radius 1 is 1.06 bits per heavy atom. The molecule has 3 fully saturated rings. The molecular weight excluding hydrogens is 448 g/mol.